The Hall–Kier alpha value is -0.816. The van der Waals surface area contributed by atoms with Crippen LogP contribution in [0.15, 0.2) is 22.8 Å². The van der Waals surface area contributed by atoms with Crippen molar-refractivity contribution in [1.29, 1.82) is 0 Å². The first-order chi connectivity index (χ1) is 20.6. The van der Waals surface area contributed by atoms with Gasteiger partial charge in [-0.1, -0.05) is 95.2 Å². The number of nitrogens with zero attached hydrogens (tertiary/aromatic N) is 1. The molecule has 0 amide bonds. The number of ether oxygens (including phenoxy) is 2. The smallest absolute Gasteiger partial charge is 0.219 e. The minimum Gasteiger partial charge on any atom is -0.446 e. The van der Waals surface area contributed by atoms with Crippen LogP contribution in [0.2, 0.25) is 33.2 Å². The molecule has 3 heterocycles. The van der Waals surface area contributed by atoms with Crippen molar-refractivity contribution in [1.82, 2.24) is 4.98 Å². The molecular formula is C35H65NO6Si2. The van der Waals surface area contributed by atoms with Gasteiger partial charge in [0.15, 0.2) is 0 Å². The zero-order valence-corrected chi connectivity index (χ0v) is 32.0. The molecule has 0 bridgehead atoms. The summed E-state index contributed by atoms with van der Waals surface area (Å²) >= 11 is 0. The van der Waals surface area contributed by atoms with E-state index in [0.717, 1.165) is 43.4 Å². The Labute approximate surface area is 271 Å². The minimum absolute atomic E-state index is 0.0129. The first kappa shape index (κ1) is 37.6. The predicted molar refractivity (Wildman–Crippen MR) is 184 cm³/mol. The SMILES string of the molecule is C=C1C[C@H](C[C@@H]2C[C@H](O[Si](C(C)C)(C(C)C)C(C)C)C[C@H](c3coc(CO[Si](C(C)C)(C(C)C)C(C)C)n3)O2)O[C@@H](CO)C1. The van der Waals surface area contributed by atoms with E-state index >= 15 is 0 Å². The molecule has 0 saturated carbocycles. The summed E-state index contributed by atoms with van der Waals surface area (Å²) in [4.78, 5) is 4.95. The van der Waals surface area contributed by atoms with Crippen molar-refractivity contribution in [3.8, 4) is 0 Å². The fourth-order valence-corrected chi connectivity index (χ4v) is 19.9. The van der Waals surface area contributed by atoms with Crippen LogP contribution in [-0.4, -0.2) is 57.7 Å². The third kappa shape index (κ3) is 8.36. The zero-order chi connectivity index (χ0) is 33.0. The summed E-state index contributed by atoms with van der Waals surface area (Å²) in [5.74, 6) is 0.620. The summed E-state index contributed by atoms with van der Waals surface area (Å²) in [5, 5.41) is 9.80. The molecule has 1 N–H and O–H groups in total. The van der Waals surface area contributed by atoms with E-state index in [2.05, 4.69) is 89.7 Å². The maximum Gasteiger partial charge on any atom is 0.219 e. The highest BCUT2D eigenvalue weighted by atomic mass is 28.4. The van der Waals surface area contributed by atoms with E-state index in [-0.39, 0.29) is 37.1 Å². The van der Waals surface area contributed by atoms with Crippen molar-refractivity contribution in [2.24, 2.45) is 0 Å². The van der Waals surface area contributed by atoms with Crippen molar-refractivity contribution < 1.29 is 27.8 Å². The lowest BCUT2D eigenvalue weighted by molar-refractivity contribution is -0.129. The van der Waals surface area contributed by atoms with Gasteiger partial charge < -0.3 is 27.8 Å². The van der Waals surface area contributed by atoms with Gasteiger partial charge in [0, 0.05) is 12.8 Å². The number of hydrogen-bond acceptors (Lipinski definition) is 7. The molecule has 5 atom stereocenters. The molecule has 2 aliphatic heterocycles. The van der Waals surface area contributed by atoms with Crippen LogP contribution in [0.3, 0.4) is 0 Å². The van der Waals surface area contributed by atoms with Crippen molar-refractivity contribution in [3.63, 3.8) is 0 Å². The molecular weight excluding hydrogens is 587 g/mol. The number of aliphatic hydroxyl groups is 1. The maximum atomic E-state index is 9.80. The second-order valence-corrected chi connectivity index (χ2v) is 26.4. The third-order valence-corrected chi connectivity index (χ3v) is 22.9. The number of hydrogen-bond donors (Lipinski definition) is 1. The van der Waals surface area contributed by atoms with Gasteiger partial charge in [0.05, 0.1) is 31.0 Å². The van der Waals surface area contributed by atoms with Gasteiger partial charge in [0.25, 0.3) is 0 Å². The van der Waals surface area contributed by atoms with Crippen molar-refractivity contribution >= 4 is 16.6 Å². The summed E-state index contributed by atoms with van der Waals surface area (Å²) in [7, 11) is -4.16. The van der Waals surface area contributed by atoms with Crippen molar-refractivity contribution in [2.75, 3.05) is 6.61 Å². The summed E-state index contributed by atoms with van der Waals surface area (Å²) < 4.78 is 33.2. The maximum absolute atomic E-state index is 9.80. The van der Waals surface area contributed by atoms with Gasteiger partial charge in [-0.05, 0) is 52.5 Å². The van der Waals surface area contributed by atoms with E-state index in [0.29, 0.717) is 45.7 Å². The molecule has 44 heavy (non-hydrogen) atoms. The van der Waals surface area contributed by atoms with Gasteiger partial charge in [0.1, 0.15) is 24.7 Å². The summed E-state index contributed by atoms with van der Waals surface area (Å²) in [6.45, 7) is 32.5. The normalized spacial score (nSPS) is 25.9. The van der Waals surface area contributed by atoms with Gasteiger partial charge in [-0.2, -0.15) is 0 Å². The van der Waals surface area contributed by atoms with Gasteiger partial charge in [-0.25, -0.2) is 4.98 Å². The fourth-order valence-electron chi connectivity index (χ4n) is 8.97. The molecule has 0 radical (unpaired) electrons. The Balaban J connectivity index is 1.86. The van der Waals surface area contributed by atoms with Crippen LogP contribution >= 0.6 is 0 Å². The lowest BCUT2D eigenvalue weighted by Gasteiger charge is -2.47. The fraction of sp³-hybridized carbons (Fsp3) is 0.857. The molecule has 0 aromatic carbocycles. The van der Waals surface area contributed by atoms with Gasteiger partial charge in [-0.3, -0.25) is 0 Å². The molecule has 2 saturated heterocycles. The van der Waals surface area contributed by atoms with Gasteiger partial charge in [-0.15, -0.1) is 0 Å². The lowest BCUT2D eigenvalue weighted by atomic mass is 9.92. The highest BCUT2D eigenvalue weighted by Gasteiger charge is 2.49. The average Bonchev–Trinajstić information content (AvgIpc) is 3.39. The van der Waals surface area contributed by atoms with Crippen LogP contribution in [-0.2, 0) is 24.9 Å². The molecule has 0 spiro atoms. The van der Waals surface area contributed by atoms with Crippen LogP contribution in [0, 0.1) is 0 Å². The molecule has 7 nitrogen and oxygen atoms in total. The standard InChI is InChI=1S/C35H65NO6Si2/c1-22(2)43(23(3)4,24(5)6)39-21-35-36-33(20-38-35)34-18-31(42-44(25(7)8,26(9)10)27(11)12)17-30(41-34)16-29-14-28(13)15-32(19-37)40-29/h20,22-27,29-32,34,37H,13-19,21H2,1-12H3/t29-,30-,31+,32-,34-/m1/s1. The predicted octanol–water partition coefficient (Wildman–Crippen LogP) is 9.63. The van der Waals surface area contributed by atoms with Crippen LogP contribution in [0.1, 0.15) is 133 Å². The van der Waals surface area contributed by atoms with Gasteiger partial charge >= 0.3 is 0 Å². The molecule has 1 aromatic heterocycles. The van der Waals surface area contributed by atoms with E-state index in [1.54, 1.807) is 6.26 Å². The average molecular weight is 652 g/mol. The highest BCUT2D eigenvalue weighted by Crippen LogP contribution is 2.47. The minimum atomic E-state index is -2.11. The van der Waals surface area contributed by atoms with Crippen molar-refractivity contribution in [3.05, 3.63) is 30.0 Å². The first-order valence-electron chi connectivity index (χ1n) is 17.4. The summed E-state index contributed by atoms with van der Waals surface area (Å²) in [6.07, 6.45) is 5.19. The van der Waals surface area contributed by atoms with Crippen LogP contribution < -0.4 is 0 Å². The molecule has 9 heteroatoms. The van der Waals surface area contributed by atoms with E-state index in [1.807, 2.05) is 0 Å². The van der Waals surface area contributed by atoms with E-state index in [4.69, 9.17) is 27.7 Å². The molecule has 2 aliphatic rings. The summed E-state index contributed by atoms with van der Waals surface area (Å²) in [5.41, 5.74) is 4.94. The molecule has 1 aromatic rings. The third-order valence-electron chi connectivity index (χ3n) is 10.6. The van der Waals surface area contributed by atoms with Crippen LogP contribution in [0.25, 0.3) is 0 Å². The topological polar surface area (TPSA) is 83.2 Å². The lowest BCUT2D eigenvalue weighted by Crippen LogP contribution is -2.52. The largest absolute Gasteiger partial charge is 0.446 e. The first-order valence-corrected chi connectivity index (χ1v) is 21.7. The Morgan fingerprint density at radius 2 is 1.34 bits per heavy atom. The van der Waals surface area contributed by atoms with Crippen LogP contribution in [0.4, 0.5) is 0 Å². The van der Waals surface area contributed by atoms with E-state index in [1.165, 1.54) is 0 Å². The van der Waals surface area contributed by atoms with Crippen LogP contribution in [0.5, 0.6) is 0 Å². The molecule has 254 valence electrons. The quantitative estimate of drug-likeness (QED) is 0.149. The van der Waals surface area contributed by atoms with Gasteiger partial charge in [0.2, 0.25) is 22.5 Å². The highest BCUT2D eigenvalue weighted by molar-refractivity contribution is 6.78. The Morgan fingerprint density at radius 1 is 0.795 bits per heavy atom. The molecule has 2 fully saturated rings. The monoisotopic (exact) mass is 651 g/mol. The zero-order valence-electron chi connectivity index (χ0n) is 30.0. The number of oxazole rings is 1. The van der Waals surface area contributed by atoms with E-state index < -0.39 is 16.6 Å². The summed E-state index contributed by atoms with van der Waals surface area (Å²) in [6, 6.07) is 0. The van der Waals surface area contributed by atoms with E-state index in [9.17, 15) is 5.11 Å². The Morgan fingerprint density at radius 3 is 1.86 bits per heavy atom. The molecule has 3 rings (SSSR count). The van der Waals surface area contributed by atoms with Crippen molar-refractivity contribution in [2.45, 2.75) is 186 Å². The molecule has 0 unspecified atom stereocenters. The number of aromatic nitrogens is 1. The Kier molecular flexibility index (Phi) is 13.6. The number of aliphatic hydroxyl groups excluding tert-OH is 1. The molecule has 0 aliphatic carbocycles. The Bertz CT molecular complexity index is 995. The second-order valence-electron chi connectivity index (χ2n) is 15.5. The second kappa shape index (κ2) is 15.9. The number of rotatable bonds is 15.